The summed E-state index contributed by atoms with van der Waals surface area (Å²) in [5.74, 6) is -0.176. The number of halogens is 1. The summed E-state index contributed by atoms with van der Waals surface area (Å²) >= 11 is 6.30. The number of hydrogen-bond donors (Lipinski definition) is 1. The maximum absolute atomic E-state index is 12.8. The molecule has 2 heterocycles. The van der Waals surface area contributed by atoms with Crippen LogP contribution in [0.4, 0.5) is 0 Å². The van der Waals surface area contributed by atoms with E-state index >= 15 is 0 Å². The van der Waals surface area contributed by atoms with E-state index in [1.165, 1.54) is 11.6 Å². The molecule has 1 aliphatic rings. The van der Waals surface area contributed by atoms with Gasteiger partial charge in [-0.25, -0.2) is 0 Å². The Morgan fingerprint density at radius 1 is 1.20 bits per heavy atom. The van der Waals surface area contributed by atoms with Gasteiger partial charge in [0.15, 0.2) is 0 Å². The molecule has 0 aliphatic carbocycles. The van der Waals surface area contributed by atoms with Crippen molar-refractivity contribution in [1.82, 2.24) is 14.8 Å². The third kappa shape index (κ3) is 3.61. The fourth-order valence-corrected chi connectivity index (χ4v) is 4.32. The Hall–Kier alpha value is -3.05. The van der Waals surface area contributed by atoms with Gasteiger partial charge in [-0.2, -0.15) is 0 Å². The number of nitrogens with zero attached hydrogens (tertiary/aromatic N) is 2. The third-order valence-corrected chi connectivity index (χ3v) is 5.97. The van der Waals surface area contributed by atoms with Gasteiger partial charge in [-0.15, -0.1) is 0 Å². The van der Waals surface area contributed by atoms with E-state index in [0.717, 1.165) is 27.7 Å². The minimum atomic E-state index is -0.104. The number of hydrogen-bond acceptors (Lipinski definition) is 2. The van der Waals surface area contributed by atoms with Crippen LogP contribution < -0.4 is 5.32 Å². The van der Waals surface area contributed by atoms with Crippen LogP contribution in [0.3, 0.4) is 0 Å². The number of fused-ring (bicyclic) bond motifs is 1. The lowest BCUT2D eigenvalue weighted by Crippen LogP contribution is -2.61. The van der Waals surface area contributed by atoms with Gasteiger partial charge in [-0.3, -0.25) is 9.59 Å². The number of carbonyl (C=O) groups is 2. The second-order valence-corrected chi connectivity index (χ2v) is 8.17. The van der Waals surface area contributed by atoms with Crippen molar-refractivity contribution in [2.24, 2.45) is 0 Å². The maximum atomic E-state index is 12.8. The maximum Gasteiger partial charge on any atom is 0.246 e. The van der Waals surface area contributed by atoms with E-state index in [-0.39, 0.29) is 24.4 Å². The number of carbonyl (C=O) groups excluding carboxylic acids is 2. The summed E-state index contributed by atoms with van der Waals surface area (Å²) in [6.07, 6.45) is 1.30. The van der Waals surface area contributed by atoms with E-state index in [1.54, 1.807) is 4.90 Å². The van der Waals surface area contributed by atoms with E-state index in [4.69, 9.17) is 11.6 Å². The third-order valence-electron chi connectivity index (χ3n) is 5.73. The summed E-state index contributed by atoms with van der Waals surface area (Å²) in [6.45, 7) is 8.87. The van der Waals surface area contributed by atoms with E-state index in [2.05, 4.69) is 31.0 Å². The molecule has 0 bridgehead atoms. The van der Waals surface area contributed by atoms with Gasteiger partial charge in [0, 0.05) is 40.3 Å². The molecule has 4 rings (SSSR count). The van der Waals surface area contributed by atoms with Gasteiger partial charge < -0.3 is 14.8 Å². The summed E-state index contributed by atoms with van der Waals surface area (Å²) in [4.78, 5) is 26.0. The van der Waals surface area contributed by atoms with Gasteiger partial charge in [0.1, 0.15) is 6.54 Å². The average Bonchev–Trinajstić information content (AvgIpc) is 2.95. The Morgan fingerprint density at radius 3 is 2.63 bits per heavy atom. The number of aryl methyl sites for hydroxylation is 1. The first-order valence-corrected chi connectivity index (χ1v) is 10.3. The zero-order valence-corrected chi connectivity index (χ0v) is 17.9. The smallest absolute Gasteiger partial charge is 0.246 e. The van der Waals surface area contributed by atoms with Crippen LogP contribution in [-0.2, 0) is 16.1 Å². The molecule has 6 heteroatoms. The normalized spacial score (nSPS) is 13.9. The summed E-state index contributed by atoms with van der Waals surface area (Å²) < 4.78 is 2.04. The van der Waals surface area contributed by atoms with Crippen LogP contribution in [-0.4, -0.2) is 40.4 Å². The minimum Gasteiger partial charge on any atom is -0.348 e. The van der Waals surface area contributed by atoms with Gasteiger partial charge >= 0.3 is 0 Å². The number of rotatable bonds is 5. The summed E-state index contributed by atoms with van der Waals surface area (Å²) in [5, 5.41) is 4.73. The molecule has 5 nitrogen and oxygen atoms in total. The second kappa shape index (κ2) is 8.00. The first-order chi connectivity index (χ1) is 14.4. The van der Waals surface area contributed by atoms with Crippen LogP contribution >= 0.6 is 11.6 Å². The van der Waals surface area contributed by atoms with Crippen molar-refractivity contribution in [2.45, 2.75) is 26.4 Å². The highest BCUT2D eigenvalue weighted by Gasteiger charge is 2.30. The Balaban J connectivity index is 1.63. The van der Waals surface area contributed by atoms with Crippen molar-refractivity contribution in [1.29, 1.82) is 0 Å². The fraction of sp³-hybridized carbons (Fsp3) is 0.250. The van der Waals surface area contributed by atoms with Gasteiger partial charge in [-0.1, -0.05) is 42.4 Å². The molecule has 1 aromatic heterocycles. The molecule has 2 amide bonds. The van der Waals surface area contributed by atoms with Gasteiger partial charge in [-0.05, 0) is 49.2 Å². The number of likely N-dealkylation sites (tertiary alicyclic amines) is 1. The van der Waals surface area contributed by atoms with E-state index in [0.29, 0.717) is 18.1 Å². The van der Waals surface area contributed by atoms with Crippen molar-refractivity contribution in [3.8, 4) is 11.1 Å². The van der Waals surface area contributed by atoms with Crippen LogP contribution in [0.5, 0.6) is 0 Å². The lowest BCUT2D eigenvalue weighted by molar-refractivity contribution is -0.133. The molecule has 30 heavy (non-hydrogen) atoms. The predicted molar refractivity (Wildman–Crippen MR) is 121 cm³/mol. The lowest BCUT2D eigenvalue weighted by atomic mass is 9.98. The molecule has 0 radical (unpaired) electrons. The highest BCUT2D eigenvalue weighted by atomic mass is 35.5. The van der Waals surface area contributed by atoms with Crippen molar-refractivity contribution in [3.05, 3.63) is 71.4 Å². The molecule has 0 unspecified atom stereocenters. The summed E-state index contributed by atoms with van der Waals surface area (Å²) in [5.41, 5.74) is 5.41. The SMILES string of the molecule is C=CC(=O)N1CC(NC(=O)Cn2c(C)c(-c3ccccc3C)c3cc(Cl)ccc32)C1. The number of aromatic nitrogens is 1. The van der Waals surface area contributed by atoms with Gasteiger partial charge in [0.05, 0.1) is 6.04 Å². The minimum absolute atomic E-state index is 0.0196. The quantitative estimate of drug-likeness (QED) is 0.631. The summed E-state index contributed by atoms with van der Waals surface area (Å²) in [6, 6.07) is 14.0. The molecule has 0 spiro atoms. The predicted octanol–water partition coefficient (Wildman–Crippen LogP) is 4.09. The summed E-state index contributed by atoms with van der Waals surface area (Å²) in [7, 11) is 0. The zero-order valence-electron chi connectivity index (χ0n) is 17.1. The van der Waals surface area contributed by atoms with Crippen molar-refractivity contribution in [2.75, 3.05) is 13.1 Å². The molecule has 1 saturated heterocycles. The first-order valence-electron chi connectivity index (χ1n) is 9.94. The second-order valence-electron chi connectivity index (χ2n) is 7.73. The fourth-order valence-electron chi connectivity index (χ4n) is 4.15. The molecule has 2 aromatic carbocycles. The standard InChI is InChI=1S/C24H24ClN3O2/c1-4-23(30)27-12-18(13-27)26-22(29)14-28-16(3)24(19-8-6-5-7-15(19)2)20-11-17(25)9-10-21(20)28/h4-11,18H,1,12-14H2,2-3H3,(H,26,29). The highest BCUT2D eigenvalue weighted by molar-refractivity contribution is 6.31. The Morgan fingerprint density at radius 2 is 1.93 bits per heavy atom. The van der Waals surface area contributed by atoms with Crippen LogP contribution in [0.15, 0.2) is 55.1 Å². The van der Waals surface area contributed by atoms with Crippen LogP contribution in [0.2, 0.25) is 5.02 Å². The van der Waals surface area contributed by atoms with E-state index in [9.17, 15) is 9.59 Å². The molecular weight excluding hydrogens is 398 g/mol. The molecule has 0 saturated carbocycles. The number of nitrogens with one attached hydrogen (secondary N) is 1. The number of amides is 2. The van der Waals surface area contributed by atoms with Gasteiger partial charge in [0.25, 0.3) is 0 Å². The molecule has 1 N–H and O–H groups in total. The monoisotopic (exact) mass is 421 g/mol. The first kappa shape index (κ1) is 20.2. The number of benzene rings is 2. The van der Waals surface area contributed by atoms with E-state index in [1.807, 2.05) is 41.8 Å². The largest absolute Gasteiger partial charge is 0.348 e. The van der Waals surface area contributed by atoms with Crippen LogP contribution in [0.25, 0.3) is 22.0 Å². The molecule has 1 aliphatic heterocycles. The Kier molecular flexibility index (Phi) is 5.39. The van der Waals surface area contributed by atoms with E-state index < -0.39 is 0 Å². The van der Waals surface area contributed by atoms with Crippen LogP contribution in [0, 0.1) is 13.8 Å². The Bertz CT molecular complexity index is 1160. The average molecular weight is 422 g/mol. The lowest BCUT2D eigenvalue weighted by Gasteiger charge is -2.38. The zero-order chi connectivity index (χ0) is 21.4. The van der Waals surface area contributed by atoms with Gasteiger partial charge in [0.2, 0.25) is 11.8 Å². The van der Waals surface area contributed by atoms with Crippen LogP contribution in [0.1, 0.15) is 11.3 Å². The highest BCUT2D eigenvalue weighted by Crippen LogP contribution is 2.37. The molecule has 3 aromatic rings. The topological polar surface area (TPSA) is 54.3 Å². The molecule has 0 atom stereocenters. The van der Waals surface area contributed by atoms with Crippen molar-refractivity contribution >= 4 is 34.3 Å². The van der Waals surface area contributed by atoms with Crippen molar-refractivity contribution in [3.63, 3.8) is 0 Å². The van der Waals surface area contributed by atoms with Crippen molar-refractivity contribution < 1.29 is 9.59 Å². The molecule has 154 valence electrons. The Labute approximate surface area is 180 Å². The molecular formula is C24H24ClN3O2. The molecule has 1 fully saturated rings.